The summed E-state index contributed by atoms with van der Waals surface area (Å²) in [7, 11) is 0. The highest BCUT2D eigenvalue weighted by Crippen LogP contribution is 2.27. The molecule has 27 heavy (non-hydrogen) atoms. The molecule has 0 aliphatic carbocycles. The van der Waals surface area contributed by atoms with Crippen LogP contribution in [0.2, 0.25) is 0 Å². The molecule has 0 bridgehead atoms. The van der Waals surface area contributed by atoms with Crippen LogP contribution >= 0.6 is 0 Å². The van der Waals surface area contributed by atoms with Gasteiger partial charge in [-0.3, -0.25) is 14.4 Å². The molecule has 0 fully saturated rings. The van der Waals surface area contributed by atoms with Crippen molar-refractivity contribution in [3.05, 3.63) is 59.7 Å². The van der Waals surface area contributed by atoms with Crippen LogP contribution in [0, 0.1) is 12.8 Å². The van der Waals surface area contributed by atoms with Gasteiger partial charge < -0.3 is 15.4 Å². The van der Waals surface area contributed by atoms with Gasteiger partial charge in [-0.2, -0.15) is 0 Å². The molecule has 2 N–H and O–H groups in total. The van der Waals surface area contributed by atoms with Crippen molar-refractivity contribution in [1.82, 2.24) is 0 Å². The van der Waals surface area contributed by atoms with Crippen molar-refractivity contribution < 1.29 is 19.1 Å². The van der Waals surface area contributed by atoms with E-state index < -0.39 is 11.9 Å². The van der Waals surface area contributed by atoms with E-state index in [0.717, 1.165) is 16.8 Å². The zero-order valence-electron chi connectivity index (χ0n) is 15.2. The molecule has 1 heterocycles. The molecule has 140 valence electrons. The molecule has 1 atom stereocenters. The number of fused-ring (bicyclic) bond motifs is 1. The summed E-state index contributed by atoms with van der Waals surface area (Å²) in [6.07, 6.45) is 1.08. The van der Waals surface area contributed by atoms with Crippen molar-refractivity contribution >= 4 is 29.2 Å². The number of amides is 2. The zero-order valence-corrected chi connectivity index (χ0v) is 15.2. The van der Waals surface area contributed by atoms with Crippen molar-refractivity contribution in [2.24, 2.45) is 5.92 Å². The number of rotatable bonds is 6. The number of hydrogen-bond donors (Lipinski definition) is 2. The van der Waals surface area contributed by atoms with E-state index in [4.69, 9.17) is 4.74 Å². The SMILES string of the molecule is Cc1ccc(NC(=O)COC(=O)CCC2Cc3ccccc3NC2=O)cc1. The van der Waals surface area contributed by atoms with Gasteiger partial charge in [0.15, 0.2) is 6.61 Å². The summed E-state index contributed by atoms with van der Waals surface area (Å²) in [5, 5.41) is 5.53. The molecule has 6 nitrogen and oxygen atoms in total. The molecule has 0 saturated heterocycles. The fraction of sp³-hybridized carbons (Fsp3) is 0.286. The second-order valence-electron chi connectivity index (χ2n) is 6.66. The molecule has 0 aromatic heterocycles. The highest BCUT2D eigenvalue weighted by molar-refractivity contribution is 5.96. The van der Waals surface area contributed by atoms with Gasteiger partial charge in [0.1, 0.15) is 0 Å². The molecule has 2 amide bonds. The zero-order chi connectivity index (χ0) is 19.2. The number of nitrogens with one attached hydrogen (secondary N) is 2. The summed E-state index contributed by atoms with van der Waals surface area (Å²) in [4.78, 5) is 35.9. The van der Waals surface area contributed by atoms with E-state index in [1.807, 2.05) is 43.3 Å². The smallest absolute Gasteiger partial charge is 0.306 e. The van der Waals surface area contributed by atoms with Crippen LogP contribution in [0.1, 0.15) is 24.0 Å². The molecular formula is C21H22N2O4. The van der Waals surface area contributed by atoms with Crippen molar-refractivity contribution in [2.75, 3.05) is 17.2 Å². The van der Waals surface area contributed by atoms with E-state index >= 15 is 0 Å². The first kappa shape index (κ1) is 18.6. The summed E-state index contributed by atoms with van der Waals surface area (Å²) in [6, 6.07) is 15.0. The second-order valence-corrected chi connectivity index (χ2v) is 6.66. The van der Waals surface area contributed by atoms with Crippen LogP contribution in [0.25, 0.3) is 0 Å². The Bertz CT molecular complexity index is 846. The molecule has 1 aliphatic heterocycles. The van der Waals surface area contributed by atoms with E-state index in [2.05, 4.69) is 10.6 Å². The minimum Gasteiger partial charge on any atom is -0.456 e. The Morgan fingerprint density at radius 1 is 1.15 bits per heavy atom. The van der Waals surface area contributed by atoms with Crippen molar-refractivity contribution in [2.45, 2.75) is 26.2 Å². The van der Waals surface area contributed by atoms with Crippen LogP contribution < -0.4 is 10.6 Å². The van der Waals surface area contributed by atoms with Crippen LogP contribution in [-0.2, 0) is 25.5 Å². The van der Waals surface area contributed by atoms with Gasteiger partial charge in [0, 0.05) is 23.7 Å². The van der Waals surface area contributed by atoms with Gasteiger partial charge in [-0.15, -0.1) is 0 Å². The number of para-hydroxylation sites is 1. The lowest BCUT2D eigenvalue weighted by atomic mass is 9.90. The summed E-state index contributed by atoms with van der Waals surface area (Å²) in [6.45, 7) is 1.62. The summed E-state index contributed by atoms with van der Waals surface area (Å²) in [5.41, 5.74) is 3.63. The molecule has 2 aromatic rings. The maximum Gasteiger partial charge on any atom is 0.306 e. The Morgan fingerprint density at radius 3 is 2.67 bits per heavy atom. The Balaban J connectivity index is 1.41. The molecule has 1 aliphatic rings. The number of esters is 1. The fourth-order valence-electron chi connectivity index (χ4n) is 2.99. The van der Waals surface area contributed by atoms with Gasteiger partial charge in [0.2, 0.25) is 5.91 Å². The van der Waals surface area contributed by atoms with E-state index in [1.165, 1.54) is 0 Å². The topological polar surface area (TPSA) is 84.5 Å². The number of carbonyl (C=O) groups is 3. The van der Waals surface area contributed by atoms with Crippen molar-refractivity contribution in [3.63, 3.8) is 0 Å². The molecule has 0 saturated carbocycles. The third-order valence-electron chi connectivity index (χ3n) is 4.51. The van der Waals surface area contributed by atoms with Gasteiger partial charge in [0.25, 0.3) is 5.91 Å². The number of aryl methyl sites for hydroxylation is 1. The minimum absolute atomic E-state index is 0.0846. The van der Waals surface area contributed by atoms with Gasteiger partial charge in [-0.05, 0) is 43.5 Å². The normalized spacial score (nSPS) is 15.4. The van der Waals surface area contributed by atoms with Crippen molar-refractivity contribution in [1.29, 1.82) is 0 Å². The van der Waals surface area contributed by atoms with Crippen molar-refractivity contribution in [3.8, 4) is 0 Å². The molecular weight excluding hydrogens is 344 g/mol. The number of hydrogen-bond acceptors (Lipinski definition) is 4. The fourth-order valence-corrected chi connectivity index (χ4v) is 2.99. The number of anilines is 2. The van der Waals surface area contributed by atoms with Crippen LogP contribution in [0.3, 0.4) is 0 Å². The standard InChI is InChI=1S/C21H22N2O4/c1-14-6-9-17(10-7-14)22-19(24)13-27-20(25)11-8-16-12-15-4-2-3-5-18(15)23-21(16)26/h2-7,9-10,16H,8,11-13H2,1H3,(H,22,24)(H,23,26). The van der Waals surface area contributed by atoms with E-state index in [0.29, 0.717) is 18.5 Å². The second kappa shape index (κ2) is 8.49. The summed E-state index contributed by atoms with van der Waals surface area (Å²) < 4.78 is 5.01. The average Bonchev–Trinajstić information content (AvgIpc) is 2.66. The third-order valence-corrected chi connectivity index (χ3v) is 4.51. The van der Waals surface area contributed by atoms with Crippen LogP contribution in [0.15, 0.2) is 48.5 Å². The Kier molecular flexibility index (Phi) is 5.86. The first-order valence-electron chi connectivity index (χ1n) is 8.92. The van der Waals surface area contributed by atoms with Gasteiger partial charge in [-0.1, -0.05) is 35.9 Å². The quantitative estimate of drug-likeness (QED) is 0.770. The molecule has 3 rings (SSSR count). The lowest BCUT2D eigenvalue weighted by Gasteiger charge is -2.24. The van der Waals surface area contributed by atoms with Crippen LogP contribution in [0.5, 0.6) is 0 Å². The number of benzene rings is 2. The van der Waals surface area contributed by atoms with Gasteiger partial charge in [-0.25, -0.2) is 0 Å². The van der Waals surface area contributed by atoms with E-state index in [9.17, 15) is 14.4 Å². The number of carbonyl (C=O) groups excluding carboxylic acids is 3. The monoisotopic (exact) mass is 366 g/mol. The molecule has 2 aromatic carbocycles. The largest absolute Gasteiger partial charge is 0.456 e. The maximum absolute atomic E-state index is 12.1. The predicted octanol–water partition coefficient (Wildman–Crippen LogP) is 3.07. The number of ether oxygens (including phenoxy) is 1. The Labute approximate surface area is 157 Å². The third kappa shape index (κ3) is 5.17. The van der Waals surface area contributed by atoms with Crippen LogP contribution in [0.4, 0.5) is 11.4 Å². The first-order chi connectivity index (χ1) is 13.0. The molecule has 0 radical (unpaired) electrons. The van der Waals surface area contributed by atoms with E-state index in [1.54, 1.807) is 12.1 Å². The molecule has 0 spiro atoms. The average molecular weight is 366 g/mol. The van der Waals surface area contributed by atoms with Gasteiger partial charge in [0.05, 0.1) is 0 Å². The Morgan fingerprint density at radius 2 is 1.89 bits per heavy atom. The summed E-state index contributed by atoms with van der Waals surface area (Å²) >= 11 is 0. The highest BCUT2D eigenvalue weighted by Gasteiger charge is 2.26. The van der Waals surface area contributed by atoms with Crippen LogP contribution in [-0.4, -0.2) is 24.4 Å². The lowest BCUT2D eigenvalue weighted by Crippen LogP contribution is -2.30. The van der Waals surface area contributed by atoms with Gasteiger partial charge >= 0.3 is 5.97 Å². The first-order valence-corrected chi connectivity index (χ1v) is 8.92. The molecule has 1 unspecified atom stereocenters. The minimum atomic E-state index is -0.485. The van der Waals surface area contributed by atoms with E-state index in [-0.39, 0.29) is 24.9 Å². The summed E-state index contributed by atoms with van der Waals surface area (Å²) in [5.74, 6) is -1.23. The lowest BCUT2D eigenvalue weighted by molar-refractivity contribution is -0.147. The highest BCUT2D eigenvalue weighted by atomic mass is 16.5. The predicted molar refractivity (Wildman–Crippen MR) is 102 cm³/mol. The molecule has 6 heteroatoms. The maximum atomic E-state index is 12.1. The Hall–Kier alpha value is -3.15.